The van der Waals surface area contributed by atoms with Gasteiger partial charge in [-0.15, -0.1) is 0 Å². The Morgan fingerprint density at radius 3 is 2.05 bits per heavy atom. The van der Waals surface area contributed by atoms with Crippen LogP contribution in [0.25, 0.3) is 11.6 Å². The monoisotopic (exact) mass is 268 g/mol. The highest BCUT2D eigenvalue weighted by Gasteiger charge is 2.03. The van der Waals surface area contributed by atoms with E-state index in [9.17, 15) is 4.79 Å². The van der Waals surface area contributed by atoms with E-state index in [0.717, 1.165) is 17.4 Å². The van der Waals surface area contributed by atoms with Crippen LogP contribution >= 0.6 is 0 Å². The largest absolute Gasteiger partial charge is 0.497 e. The molecule has 0 saturated heterocycles. The summed E-state index contributed by atoms with van der Waals surface area (Å²) in [5, 5.41) is 0. The minimum atomic E-state index is 0.612. The van der Waals surface area contributed by atoms with Gasteiger partial charge >= 0.3 is 0 Å². The molecule has 3 heteroatoms. The molecule has 2 aromatic carbocycles. The predicted molar refractivity (Wildman–Crippen MR) is 79.9 cm³/mol. The number of ether oxygens (including phenoxy) is 2. The lowest BCUT2D eigenvalue weighted by Crippen LogP contribution is -1.90. The van der Waals surface area contributed by atoms with Crippen molar-refractivity contribution < 1.29 is 14.3 Å². The molecule has 0 atom stereocenters. The normalized spacial score (nSPS) is 11.0. The van der Waals surface area contributed by atoms with E-state index in [2.05, 4.69) is 0 Å². The molecule has 0 aliphatic carbocycles. The van der Waals surface area contributed by atoms with Gasteiger partial charge in [-0.3, -0.25) is 4.79 Å². The van der Waals surface area contributed by atoms with E-state index < -0.39 is 0 Å². The Labute approximate surface area is 118 Å². The average Bonchev–Trinajstić information content (AvgIpc) is 2.53. The molecule has 3 nitrogen and oxygen atoms in total. The van der Waals surface area contributed by atoms with E-state index >= 15 is 0 Å². The van der Waals surface area contributed by atoms with Gasteiger partial charge in [0.1, 0.15) is 11.5 Å². The first kappa shape index (κ1) is 13.9. The summed E-state index contributed by atoms with van der Waals surface area (Å²) in [5.74, 6) is 1.38. The molecule has 2 rings (SSSR count). The Morgan fingerprint density at radius 1 is 0.950 bits per heavy atom. The number of carbonyl (C=O) groups excluding carboxylic acids is 1. The van der Waals surface area contributed by atoms with Crippen molar-refractivity contribution in [3.8, 4) is 11.5 Å². The third-order valence-electron chi connectivity index (χ3n) is 2.93. The van der Waals surface area contributed by atoms with Crippen molar-refractivity contribution in [1.82, 2.24) is 0 Å². The maximum atomic E-state index is 11.3. The number of aldehydes is 1. The Balaban J connectivity index is 2.44. The first-order chi connectivity index (χ1) is 9.76. The number of allylic oxidation sites excluding steroid dienone is 1. The first-order valence-corrected chi connectivity index (χ1v) is 6.22. The minimum Gasteiger partial charge on any atom is -0.497 e. The van der Waals surface area contributed by atoms with Crippen molar-refractivity contribution in [2.24, 2.45) is 0 Å². The molecule has 0 unspecified atom stereocenters. The molecule has 20 heavy (non-hydrogen) atoms. The van der Waals surface area contributed by atoms with Gasteiger partial charge < -0.3 is 9.47 Å². The minimum absolute atomic E-state index is 0.612. The quantitative estimate of drug-likeness (QED) is 0.473. The second-order valence-corrected chi connectivity index (χ2v) is 4.23. The fraction of sp³-hybridized carbons (Fsp3) is 0.118. The van der Waals surface area contributed by atoms with Crippen LogP contribution < -0.4 is 9.47 Å². The standard InChI is InChI=1S/C17H16O3/c1-19-16-9-13(10-17(11-16)20-2)8-15(12-18)14-6-4-3-5-7-14/h3-12H,1-2H3/b15-8-. The number of methoxy groups -OCH3 is 2. The molecule has 0 aliphatic rings. The molecule has 0 aliphatic heterocycles. The summed E-state index contributed by atoms with van der Waals surface area (Å²) in [6, 6.07) is 15.0. The molecular formula is C17H16O3. The van der Waals surface area contributed by atoms with Crippen molar-refractivity contribution in [2.45, 2.75) is 0 Å². The van der Waals surface area contributed by atoms with Crippen molar-refractivity contribution in [1.29, 1.82) is 0 Å². The zero-order valence-corrected chi connectivity index (χ0v) is 11.5. The van der Waals surface area contributed by atoms with Crippen LogP contribution in [0.15, 0.2) is 48.5 Å². The Kier molecular flexibility index (Phi) is 4.56. The lowest BCUT2D eigenvalue weighted by molar-refractivity contribution is -0.103. The van der Waals surface area contributed by atoms with Crippen LogP contribution in [0.1, 0.15) is 11.1 Å². The van der Waals surface area contributed by atoms with Gasteiger partial charge in [0, 0.05) is 11.6 Å². The molecule has 0 spiro atoms. The number of carbonyl (C=O) groups is 1. The fourth-order valence-corrected chi connectivity index (χ4v) is 1.91. The van der Waals surface area contributed by atoms with Gasteiger partial charge in [-0.1, -0.05) is 30.3 Å². The van der Waals surface area contributed by atoms with Crippen LogP contribution in [0, 0.1) is 0 Å². The smallest absolute Gasteiger partial charge is 0.150 e. The highest BCUT2D eigenvalue weighted by atomic mass is 16.5. The van der Waals surface area contributed by atoms with Crippen LogP contribution in [0.5, 0.6) is 11.5 Å². The topological polar surface area (TPSA) is 35.5 Å². The molecule has 102 valence electrons. The third kappa shape index (κ3) is 3.26. The summed E-state index contributed by atoms with van der Waals surface area (Å²) >= 11 is 0. The molecule has 0 heterocycles. The van der Waals surface area contributed by atoms with Crippen LogP contribution in [0.4, 0.5) is 0 Å². The molecule has 0 aromatic heterocycles. The van der Waals surface area contributed by atoms with Crippen molar-refractivity contribution in [3.05, 3.63) is 59.7 Å². The van der Waals surface area contributed by atoms with Gasteiger partial charge in [0.05, 0.1) is 14.2 Å². The third-order valence-corrected chi connectivity index (χ3v) is 2.93. The molecular weight excluding hydrogens is 252 g/mol. The van der Waals surface area contributed by atoms with E-state index in [1.54, 1.807) is 20.3 Å². The molecule has 0 radical (unpaired) electrons. The molecule has 0 amide bonds. The molecule has 0 saturated carbocycles. The second-order valence-electron chi connectivity index (χ2n) is 4.23. The summed E-state index contributed by atoms with van der Waals surface area (Å²) in [6.07, 6.45) is 2.66. The maximum Gasteiger partial charge on any atom is 0.150 e. The van der Waals surface area contributed by atoms with Crippen LogP contribution in [-0.2, 0) is 4.79 Å². The number of rotatable bonds is 5. The van der Waals surface area contributed by atoms with Gasteiger partial charge in [0.25, 0.3) is 0 Å². The summed E-state index contributed by atoms with van der Waals surface area (Å²) in [4.78, 5) is 11.3. The van der Waals surface area contributed by atoms with Gasteiger partial charge in [-0.05, 0) is 29.3 Å². The van der Waals surface area contributed by atoms with E-state index in [1.165, 1.54) is 0 Å². The van der Waals surface area contributed by atoms with E-state index in [4.69, 9.17) is 9.47 Å². The zero-order valence-electron chi connectivity index (χ0n) is 11.5. The SMILES string of the molecule is COc1cc(/C=C(/C=O)c2ccccc2)cc(OC)c1. The van der Waals surface area contributed by atoms with E-state index in [-0.39, 0.29) is 0 Å². The van der Waals surface area contributed by atoms with E-state index in [0.29, 0.717) is 17.1 Å². The summed E-state index contributed by atoms with van der Waals surface area (Å²) < 4.78 is 10.4. The first-order valence-electron chi connectivity index (χ1n) is 6.22. The van der Waals surface area contributed by atoms with E-state index in [1.807, 2.05) is 48.5 Å². The highest BCUT2D eigenvalue weighted by Crippen LogP contribution is 2.25. The molecule has 0 fully saturated rings. The van der Waals surface area contributed by atoms with Gasteiger partial charge in [-0.25, -0.2) is 0 Å². The Morgan fingerprint density at radius 2 is 1.55 bits per heavy atom. The highest BCUT2D eigenvalue weighted by molar-refractivity contribution is 6.13. The van der Waals surface area contributed by atoms with Gasteiger partial charge in [0.15, 0.2) is 6.29 Å². The molecule has 2 aromatic rings. The Hall–Kier alpha value is -2.55. The summed E-state index contributed by atoms with van der Waals surface area (Å²) in [7, 11) is 3.19. The average molecular weight is 268 g/mol. The van der Waals surface area contributed by atoms with Crippen LogP contribution in [-0.4, -0.2) is 20.5 Å². The maximum absolute atomic E-state index is 11.3. The fourth-order valence-electron chi connectivity index (χ4n) is 1.91. The zero-order chi connectivity index (χ0) is 14.4. The van der Waals surface area contributed by atoms with Crippen LogP contribution in [0.2, 0.25) is 0 Å². The van der Waals surface area contributed by atoms with Gasteiger partial charge in [0.2, 0.25) is 0 Å². The number of benzene rings is 2. The lowest BCUT2D eigenvalue weighted by Gasteiger charge is -2.07. The Bertz CT molecular complexity index is 593. The summed E-state index contributed by atoms with van der Waals surface area (Å²) in [6.45, 7) is 0. The summed E-state index contributed by atoms with van der Waals surface area (Å²) in [5.41, 5.74) is 2.34. The van der Waals surface area contributed by atoms with Crippen molar-refractivity contribution in [3.63, 3.8) is 0 Å². The van der Waals surface area contributed by atoms with Crippen LogP contribution in [0.3, 0.4) is 0 Å². The number of hydrogen-bond donors (Lipinski definition) is 0. The predicted octanol–water partition coefficient (Wildman–Crippen LogP) is 3.44. The second kappa shape index (κ2) is 6.57. The van der Waals surface area contributed by atoms with Gasteiger partial charge in [-0.2, -0.15) is 0 Å². The lowest BCUT2D eigenvalue weighted by atomic mass is 10.0. The molecule has 0 bridgehead atoms. The number of hydrogen-bond acceptors (Lipinski definition) is 3. The van der Waals surface area contributed by atoms with Crippen molar-refractivity contribution >= 4 is 17.9 Å². The molecule has 0 N–H and O–H groups in total. The van der Waals surface area contributed by atoms with Crippen molar-refractivity contribution in [2.75, 3.05) is 14.2 Å².